The Hall–Kier alpha value is -3.27. The third kappa shape index (κ3) is 6.61. The number of methoxy groups -OCH3 is 2. The number of hydrogen-bond acceptors (Lipinski definition) is 8. The van der Waals surface area contributed by atoms with Crippen molar-refractivity contribution >= 4 is 23.7 Å². The summed E-state index contributed by atoms with van der Waals surface area (Å²) in [5, 5.41) is 12.2. The van der Waals surface area contributed by atoms with Crippen molar-refractivity contribution in [1.29, 1.82) is 0 Å². The molecule has 0 spiro atoms. The molecule has 2 amide bonds. The fraction of sp³-hybridized carbons (Fsp3) is 0.500. The van der Waals surface area contributed by atoms with Gasteiger partial charge in [0.15, 0.2) is 11.5 Å². The SMILES string of the molecule is C=CCOC(=O)Nc1cc(OCCCC(=O)OC)c(OC)cc1C(=O)N1CCC[C@H]1CO. The van der Waals surface area contributed by atoms with E-state index in [-0.39, 0.29) is 66.9 Å². The number of carbonyl (C=O) groups is 3. The first-order chi connectivity index (χ1) is 15.4. The minimum Gasteiger partial charge on any atom is -0.493 e. The maximum Gasteiger partial charge on any atom is 0.411 e. The van der Waals surface area contributed by atoms with Gasteiger partial charge in [-0.05, 0) is 25.3 Å². The third-order valence-electron chi connectivity index (χ3n) is 4.96. The van der Waals surface area contributed by atoms with Gasteiger partial charge in [-0.3, -0.25) is 14.9 Å². The molecule has 10 heteroatoms. The number of nitrogens with zero attached hydrogens (tertiary/aromatic N) is 1. The van der Waals surface area contributed by atoms with E-state index < -0.39 is 6.09 Å². The monoisotopic (exact) mass is 450 g/mol. The number of esters is 1. The maximum absolute atomic E-state index is 13.2. The second kappa shape index (κ2) is 12.6. The Labute approximate surface area is 187 Å². The van der Waals surface area contributed by atoms with Gasteiger partial charge in [0.2, 0.25) is 0 Å². The number of nitrogens with one attached hydrogen (secondary N) is 1. The topological polar surface area (TPSA) is 124 Å². The summed E-state index contributed by atoms with van der Waals surface area (Å²) >= 11 is 0. The van der Waals surface area contributed by atoms with E-state index in [0.717, 1.165) is 6.42 Å². The Morgan fingerprint density at radius 3 is 2.72 bits per heavy atom. The first kappa shape index (κ1) is 25.0. The molecule has 2 rings (SSSR count). The molecule has 1 aromatic carbocycles. The molecule has 0 bridgehead atoms. The molecular weight excluding hydrogens is 420 g/mol. The van der Waals surface area contributed by atoms with E-state index in [1.165, 1.54) is 32.4 Å². The number of rotatable bonds is 11. The lowest BCUT2D eigenvalue weighted by Crippen LogP contribution is -2.38. The fourth-order valence-corrected chi connectivity index (χ4v) is 3.34. The molecule has 1 atom stereocenters. The van der Waals surface area contributed by atoms with Crippen LogP contribution >= 0.6 is 0 Å². The van der Waals surface area contributed by atoms with Crippen LogP contribution in [0.5, 0.6) is 11.5 Å². The number of hydrogen-bond donors (Lipinski definition) is 2. The summed E-state index contributed by atoms with van der Waals surface area (Å²) in [5.41, 5.74) is 0.357. The summed E-state index contributed by atoms with van der Waals surface area (Å²) in [5.74, 6) is -0.127. The Morgan fingerprint density at radius 1 is 1.28 bits per heavy atom. The average Bonchev–Trinajstić information content (AvgIpc) is 3.28. The molecule has 1 saturated heterocycles. The molecule has 1 aromatic rings. The van der Waals surface area contributed by atoms with Gasteiger partial charge >= 0.3 is 12.1 Å². The molecule has 0 aliphatic carbocycles. The van der Waals surface area contributed by atoms with Gasteiger partial charge < -0.3 is 29.0 Å². The summed E-state index contributed by atoms with van der Waals surface area (Å²) in [4.78, 5) is 38.2. The van der Waals surface area contributed by atoms with Gasteiger partial charge in [-0.15, -0.1) is 0 Å². The molecule has 1 aliphatic rings. The van der Waals surface area contributed by atoms with E-state index >= 15 is 0 Å². The second-order valence-electron chi connectivity index (χ2n) is 7.07. The van der Waals surface area contributed by atoms with E-state index in [2.05, 4.69) is 16.6 Å². The van der Waals surface area contributed by atoms with Crippen molar-refractivity contribution in [3.63, 3.8) is 0 Å². The highest BCUT2D eigenvalue weighted by molar-refractivity contribution is 6.03. The van der Waals surface area contributed by atoms with Crippen molar-refractivity contribution in [2.75, 3.05) is 45.9 Å². The molecule has 0 saturated carbocycles. The van der Waals surface area contributed by atoms with Crippen molar-refractivity contribution in [3.05, 3.63) is 30.4 Å². The van der Waals surface area contributed by atoms with Crippen LogP contribution in [0.1, 0.15) is 36.0 Å². The standard InChI is InChI=1S/C22H30N2O8/c1-4-10-32-22(28)23-17-13-19(31-11-6-8-20(26)30-3)18(29-2)12-16(17)21(27)24-9-5-7-15(24)14-25/h4,12-13,15,25H,1,5-11,14H2,2-3H3,(H,23,28)/t15-/m0/s1. The van der Waals surface area contributed by atoms with Crippen LogP contribution in [0.25, 0.3) is 0 Å². The van der Waals surface area contributed by atoms with Crippen LogP contribution in [0.3, 0.4) is 0 Å². The molecule has 1 fully saturated rings. The van der Waals surface area contributed by atoms with E-state index in [0.29, 0.717) is 19.4 Å². The van der Waals surface area contributed by atoms with Crippen LogP contribution in [0.4, 0.5) is 10.5 Å². The lowest BCUT2D eigenvalue weighted by Gasteiger charge is -2.25. The predicted octanol–water partition coefficient (Wildman–Crippen LogP) is 2.36. The van der Waals surface area contributed by atoms with Crippen LogP contribution in [0, 0.1) is 0 Å². The molecule has 1 aliphatic heterocycles. The Balaban J connectivity index is 2.31. The maximum atomic E-state index is 13.2. The molecule has 0 aromatic heterocycles. The number of benzene rings is 1. The highest BCUT2D eigenvalue weighted by Crippen LogP contribution is 2.35. The fourth-order valence-electron chi connectivity index (χ4n) is 3.34. The first-order valence-corrected chi connectivity index (χ1v) is 10.3. The van der Waals surface area contributed by atoms with Gasteiger partial charge in [0.25, 0.3) is 5.91 Å². The quantitative estimate of drug-likeness (QED) is 0.299. The Morgan fingerprint density at radius 2 is 2.06 bits per heavy atom. The van der Waals surface area contributed by atoms with Crippen molar-refractivity contribution in [3.8, 4) is 11.5 Å². The van der Waals surface area contributed by atoms with Gasteiger partial charge in [0, 0.05) is 19.0 Å². The zero-order valence-corrected chi connectivity index (χ0v) is 18.4. The number of aliphatic hydroxyl groups is 1. The largest absolute Gasteiger partial charge is 0.493 e. The van der Waals surface area contributed by atoms with Crippen LogP contribution in [-0.2, 0) is 14.3 Å². The summed E-state index contributed by atoms with van der Waals surface area (Å²) in [6, 6.07) is 2.67. The second-order valence-corrected chi connectivity index (χ2v) is 7.07. The van der Waals surface area contributed by atoms with Crippen LogP contribution in [-0.4, -0.2) is 74.6 Å². The minimum atomic E-state index is -0.763. The van der Waals surface area contributed by atoms with Crippen LogP contribution in [0.15, 0.2) is 24.8 Å². The van der Waals surface area contributed by atoms with Gasteiger partial charge in [-0.25, -0.2) is 4.79 Å². The number of likely N-dealkylation sites (tertiary alicyclic amines) is 1. The normalized spacial score (nSPS) is 15.1. The Bertz CT molecular complexity index is 826. The molecule has 0 radical (unpaired) electrons. The summed E-state index contributed by atoms with van der Waals surface area (Å²) in [7, 11) is 2.75. The highest BCUT2D eigenvalue weighted by atomic mass is 16.5. The number of carbonyl (C=O) groups excluding carboxylic acids is 3. The minimum absolute atomic E-state index is 0.000858. The van der Waals surface area contributed by atoms with Crippen molar-refractivity contribution in [1.82, 2.24) is 4.90 Å². The molecule has 1 heterocycles. The zero-order valence-electron chi connectivity index (χ0n) is 18.4. The Kier molecular flexibility index (Phi) is 9.80. The number of anilines is 1. The van der Waals surface area contributed by atoms with E-state index in [1.54, 1.807) is 4.90 Å². The number of ether oxygens (including phenoxy) is 4. The smallest absolute Gasteiger partial charge is 0.411 e. The molecule has 0 unspecified atom stereocenters. The van der Waals surface area contributed by atoms with E-state index in [4.69, 9.17) is 14.2 Å². The van der Waals surface area contributed by atoms with E-state index in [1.807, 2.05) is 0 Å². The summed E-state index contributed by atoms with van der Waals surface area (Å²) in [6.07, 6.45) is 2.73. The lowest BCUT2D eigenvalue weighted by molar-refractivity contribution is -0.140. The summed E-state index contributed by atoms with van der Waals surface area (Å²) < 4.78 is 20.7. The average molecular weight is 450 g/mol. The van der Waals surface area contributed by atoms with E-state index in [9.17, 15) is 19.5 Å². The number of amides is 2. The molecule has 10 nitrogen and oxygen atoms in total. The first-order valence-electron chi connectivity index (χ1n) is 10.3. The molecule has 2 N–H and O–H groups in total. The molecule has 176 valence electrons. The van der Waals surface area contributed by atoms with Crippen molar-refractivity contribution in [2.24, 2.45) is 0 Å². The van der Waals surface area contributed by atoms with Gasteiger partial charge in [-0.2, -0.15) is 0 Å². The van der Waals surface area contributed by atoms with Gasteiger partial charge in [0.05, 0.1) is 44.7 Å². The van der Waals surface area contributed by atoms with Crippen molar-refractivity contribution in [2.45, 2.75) is 31.7 Å². The lowest BCUT2D eigenvalue weighted by atomic mass is 10.1. The predicted molar refractivity (Wildman–Crippen MR) is 116 cm³/mol. The van der Waals surface area contributed by atoms with Crippen LogP contribution < -0.4 is 14.8 Å². The molecule has 32 heavy (non-hydrogen) atoms. The highest BCUT2D eigenvalue weighted by Gasteiger charge is 2.31. The van der Waals surface area contributed by atoms with Gasteiger partial charge in [-0.1, -0.05) is 12.7 Å². The molecular formula is C22H30N2O8. The van der Waals surface area contributed by atoms with Crippen molar-refractivity contribution < 1.29 is 38.4 Å². The number of aliphatic hydroxyl groups excluding tert-OH is 1. The summed E-state index contributed by atoms with van der Waals surface area (Å²) in [6.45, 7) is 4.04. The van der Waals surface area contributed by atoms with Gasteiger partial charge in [0.1, 0.15) is 6.61 Å². The zero-order chi connectivity index (χ0) is 23.5. The third-order valence-corrected chi connectivity index (χ3v) is 4.96. The van der Waals surface area contributed by atoms with Crippen LogP contribution in [0.2, 0.25) is 0 Å².